The van der Waals surface area contributed by atoms with Gasteiger partial charge >= 0.3 is 11.9 Å². The summed E-state index contributed by atoms with van der Waals surface area (Å²) in [5.41, 5.74) is 8.83. The first-order valence-corrected chi connectivity index (χ1v) is 14.9. The van der Waals surface area contributed by atoms with Crippen LogP contribution in [-0.2, 0) is 24.7 Å². The SMILES string of the molecule is CCOC(=O)C1=C(CCC=C(c2ccc(C)cc2)c2ccc(C)cc2)C(c2ccc(C)cc2)(c2ccc(C)cc2)OC1=O. The number of ether oxygens (including phenoxy) is 2. The Morgan fingerprint density at radius 1 is 0.698 bits per heavy atom. The molecule has 0 fully saturated rings. The molecule has 0 bridgehead atoms. The Labute approximate surface area is 254 Å². The molecular weight excluding hydrogens is 532 g/mol. The lowest BCUT2D eigenvalue weighted by Crippen LogP contribution is -2.31. The van der Waals surface area contributed by atoms with Gasteiger partial charge in [0.2, 0.25) is 0 Å². The fourth-order valence-corrected chi connectivity index (χ4v) is 5.70. The number of esters is 2. The van der Waals surface area contributed by atoms with Crippen LogP contribution in [0.4, 0.5) is 0 Å². The topological polar surface area (TPSA) is 52.6 Å². The van der Waals surface area contributed by atoms with Crippen LogP contribution in [-0.4, -0.2) is 18.5 Å². The molecule has 0 radical (unpaired) electrons. The molecule has 0 amide bonds. The van der Waals surface area contributed by atoms with E-state index in [0.717, 1.165) is 39.0 Å². The van der Waals surface area contributed by atoms with Gasteiger partial charge in [0.05, 0.1) is 6.61 Å². The maximum absolute atomic E-state index is 13.6. The third-order valence-electron chi connectivity index (χ3n) is 8.04. The highest BCUT2D eigenvalue weighted by Gasteiger charge is 2.52. The van der Waals surface area contributed by atoms with Gasteiger partial charge in [0.25, 0.3) is 0 Å². The number of rotatable bonds is 9. The molecule has 1 aliphatic heterocycles. The van der Waals surface area contributed by atoms with Crippen LogP contribution in [0, 0.1) is 27.7 Å². The molecule has 43 heavy (non-hydrogen) atoms. The fraction of sp³-hybridized carbons (Fsp3) is 0.231. The van der Waals surface area contributed by atoms with Gasteiger partial charge < -0.3 is 9.47 Å². The van der Waals surface area contributed by atoms with Gasteiger partial charge in [-0.25, -0.2) is 9.59 Å². The van der Waals surface area contributed by atoms with Crippen LogP contribution in [0.5, 0.6) is 0 Å². The predicted octanol–water partition coefficient (Wildman–Crippen LogP) is 8.49. The van der Waals surface area contributed by atoms with E-state index in [1.807, 2.05) is 62.4 Å². The van der Waals surface area contributed by atoms with Crippen molar-refractivity contribution in [1.29, 1.82) is 0 Å². The van der Waals surface area contributed by atoms with E-state index >= 15 is 0 Å². The molecule has 4 heteroatoms. The molecular formula is C39H38O4. The predicted molar refractivity (Wildman–Crippen MR) is 172 cm³/mol. The monoisotopic (exact) mass is 570 g/mol. The van der Waals surface area contributed by atoms with E-state index in [2.05, 4.69) is 68.5 Å². The van der Waals surface area contributed by atoms with E-state index in [-0.39, 0.29) is 12.2 Å². The number of allylic oxidation sites excluding steroid dienone is 1. The summed E-state index contributed by atoms with van der Waals surface area (Å²) in [5.74, 6) is -1.30. The zero-order valence-corrected chi connectivity index (χ0v) is 25.6. The van der Waals surface area contributed by atoms with Crippen LogP contribution in [0.15, 0.2) is 114 Å². The van der Waals surface area contributed by atoms with Crippen molar-refractivity contribution in [3.05, 3.63) is 159 Å². The number of hydrogen-bond acceptors (Lipinski definition) is 4. The Bertz CT molecular complexity index is 1580. The summed E-state index contributed by atoms with van der Waals surface area (Å²) in [6, 6.07) is 32.9. The minimum atomic E-state index is -1.25. The Balaban J connectivity index is 1.66. The smallest absolute Gasteiger partial charge is 0.347 e. The van der Waals surface area contributed by atoms with E-state index in [4.69, 9.17) is 9.47 Å². The van der Waals surface area contributed by atoms with Crippen molar-refractivity contribution >= 4 is 17.5 Å². The van der Waals surface area contributed by atoms with Crippen molar-refractivity contribution in [2.45, 2.75) is 53.1 Å². The van der Waals surface area contributed by atoms with Gasteiger partial charge in [0, 0.05) is 16.7 Å². The first-order chi connectivity index (χ1) is 20.7. The molecule has 0 unspecified atom stereocenters. The molecule has 0 aliphatic carbocycles. The molecule has 0 atom stereocenters. The van der Waals surface area contributed by atoms with Crippen LogP contribution in [0.25, 0.3) is 5.57 Å². The molecule has 0 saturated heterocycles. The van der Waals surface area contributed by atoms with Gasteiger partial charge in [-0.2, -0.15) is 0 Å². The van der Waals surface area contributed by atoms with Crippen LogP contribution < -0.4 is 0 Å². The molecule has 4 nitrogen and oxygen atoms in total. The lowest BCUT2D eigenvalue weighted by molar-refractivity contribution is -0.149. The molecule has 4 aromatic rings. The highest BCUT2D eigenvalue weighted by atomic mass is 16.6. The third-order valence-corrected chi connectivity index (χ3v) is 8.04. The molecule has 5 rings (SSSR count). The molecule has 0 saturated carbocycles. The average molecular weight is 571 g/mol. The van der Waals surface area contributed by atoms with E-state index in [1.165, 1.54) is 11.1 Å². The van der Waals surface area contributed by atoms with Crippen LogP contribution in [0.1, 0.15) is 64.3 Å². The van der Waals surface area contributed by atoms with E-state index in [1.54, 1.807) is 6.92 Å². The lowest BCUT2D eigenvalue weighted by atomic mass is 9.77. The number of aryl methyl sites for hydroxylation is 4. The third kappa shape index (κ3) is 6.10. The minimum Gasteiger partial charge on any atom is -0.462 e. The highest BCUT2D eigenvalue weighted by molar-refractivity contribution is 6.17. The van der Waals surface area contributed by atoms with Crippen LogP contribution >= 0.6 is 0 Å². The second-order valence-corrected chi connectivity index (χ2v) is 11.3. The Morgan fingerprint density at radius 2 is 1.12 bits per heavy atom. The van der Waals surface area contributed by atoms with Gasteiger partial charge in [-0.3, -0.25) is 0 Å². The largest absolute Gasteiger partial charge is 0.462 e. The summed E-state index contributed by atoms with van der Waals surface area (Å²) in [6.07, 6.45) is 3.19. The molecule has 218 valence electrons. The molecule has 0 N–H and O–H groups in total. The minimum absolute atomic E-state index is 0.0105. The summed E-state index contributed by atoms with van der Waals surface area (Å²) in [6.45, 7) is 10.1. The van der Waals surface area contributed by atoms with Gasteiger partial charge in [-0.15, -0.1) is 0 Å². The average Bonchev–Trinajstić information content (AvgIpc) is 3.30. The number of benzene rings is 4. The molecule has 0 spiro atoms. The quantitative estimate of drug-likeness (QED) is 0.150. The van der Waals surface area contributed by atoms with Crippen molar-refractivity contribution in [3.8, 4) is 0 Å². The summed E-state index contributed by atoms with van der Waals surface area (Å²) < 4.78 is 11.7. The molecule has 4 aromatic carbocycles. The lowest BCUT2D eigenvalue weighted by Gasteiger charge is -2.32. The van der Waals surface area contributed by atoms with Crippen molar-refractivity contribution in [1.82, 2.24) is 0 Å². The van der Waals surface area contributed by atoms with Crippen molar-refractivity contribution < 1.29 is 19.1 Å². The van der Waals surface area contributed by atoms with Gasteiger partial charge in [0.15, 0.2) is 5.60 Å². The van der Waals surface area contributed by atoms with Gasteiger partial charge in [-0.1, -0.05) is 125 Å². The zero-order chi connectivity index (χ0) is 30.6. The second kappa shape index (κ2) is 12.7. The second-order valence-electron chi connectivity index (χ2n) is 11.3. The standard InChI is InChI=1S/C39H38O4/c1-6-42-37(40)36-35(9-7-8-34(30-18-10-26(2)11-19-30)31-20-12-27(3)13-21-31)39(43-38(36)41,32-22-14-28(4)15-23-32)33-24-16-29(5)17-25-33/h8,10-25H,6-7,9H2,1-5H3. The van der Waals surface area contributed by atoms with Gasteiger partial charge in [-0.05, 0) is 64.2 Å². The Morgan fingerprint density at radius 3 is 1.53 bits per heavy atom. The van der Waals surface area contributed by atoms with Crippen LogP contribution in [0.2, 0.25) is 0 Å². The first kappa shape index (κ1) is 29.8. The van der Waals surface area contributed by atoms with E-state index < -0.39 is 17.5 Å². The molecule has 0 aromatic heterocycles. The number of carbonyl (C=O) groups is 2. The van der Waals surface area contributed by atoms with Crippen molar-refractivity contribution in [3.63, 3.8) is 0 Å². The normalized spacial score (nSPS) is 13.9. The number of carbonyl (C=O) groups excluding carboxylic acids is 2. The molecule has 1 aliphatic rings. The number of cyclic esters (lactones) is 1. The zero-order valence-electron chi connectivity index (χ0n) is 25.6. The highest BCUT2D eigenvalue weighted by Crippen LogP contribution is 2.49. The maximum Gasteiger partial charge on any atom is 0.347 e. The summed E-state index contributed by atoms with van der Waals surface area (Å²) in [4.78, 5) is 26.9. The summed E-state index contributed by atoms with van der Waals surface area (Å²) in [7, 11) is 0. The van der Waals surface area contributed by atoms with Crippen LogP contribution in [0.3, 0.4) is 0 Å². The van der Waals surface area contributed by atoms with Crippen molar-refractivity contribution in [2.24, 2.45) is 0 Å². The number of hydrogen-bond donors (Lipinski definition) is 0. The van der Waals surface area contributed by atoms with Crippen molar-refractivity contribution in [2.75, 3.05) is 6.61 Å². The maximum atomic E-state index is 13.6. The fourth-order valence-electron chi connectivity index (χ4n) is 5.70. The summed E-state index contributed by atoms with van der Waals surface area (Å²) >= 11 is 0. The first-order valence-electron chi connectivity index (χ1n) is 14.9. The van der Waals surface area contributed by atoms with E-state index in [9.17, 15) is 9.59 Å². The molecule has 1 heterocycles. The Hall–Kier alpha value is -4.70. The van der Waals surface area contributed by atoms with Gasteiger partial charge in [0.1, 0.15) is 5.57 Å². The Kier molecular flexibility index (Phi) is 8.77. The summed E-state index contributed by atoms with van der Waals surface area (Å²) in [5, 5.41) is 0. The van der Waals surface area contributed by atoms with E-state index in [0.29, 0.717) is 18.4 Å².